The topological polar surface area (TPSA) is 20.2 Å². The van der Waals surface area contributed by atoms with Crippen LogP contribution >= 0.6 is 11.8 Å². The Morgan fingerprint density at radius 1 is 1.45 bits per heavy atom. The van der Waals surface area contributed by atoms with E-state index in [2.05, 4.69) is 20.4 Å². The van der Waals surface area contributed by atoms with E-state index in [0.717, 1.165) is 17.9 Å². The van der Waals surface area contributed by atoms with Crippen molar-refractivity contribution >= 4 is 11.8 Å². The molecule has 1 saturated heterocycles. The standard InChI is InChI=1S/C9H16OS/c1-4-9(10)5-8(2,3)6-11-7-9/h4,10H,1,5-7H2,2-3H3. The molecule has 0 aromatic heterocycles. The lowest BCUT2D eigenvalue weighted by molar-refractivity contribution is 0.0650. The molecule has 64 valence electrons. The van der Waals surface area contributed by atoms with E-state index in [1.807, 2.05) is 11.8 Å². The summed E-state index contributed by atoms with van der Waals surface area (Å²) in [7, 11) is 0. The summed E-state index contributed by atoms with van der Waals surface area (Å²) in [5.41, 5.74) is -0.363. The van der Waals surface area contributed by atoms with E-state index in [9.17, 15) is 5.11 Å². The number of rotatable bonds is 1. The molecule has 0 spiro atoms. The average molecular weight is 172 g/mol. The molecule has 1 atom stereocenters. The highest BCUT2D eigenvalue weighted by molar-refractivity contribution is 7.99. The van der Waals surface area contributed by atoms with Gasteiger partial charge >= 0.3 is 0 Å². The molecule has 1 fully saturated rings. The van der Waals surface area contributed by atoms with Crippen LogP contribution < -0.4 is 0 Å². The second-order valence-corrected chi connectivity index (χ2v) is 5.13. The van der Waals surface area contributed by atoms with Gasteiger partial charge in [-0.15, -0.1) is 6.58 Å². The first-order chi connectivity index (χ1) is 4.97. The SMILES string of the molecule is C=CC1(O)CSCC(C)(C)C1. The average Bonchev–Trinajstić information content (AvgIpc) is 1.85. The Labute approximate surface area is 72.9 Å². The summed E-state index contributed by atoms with van der Waals surface area (Å²) in [6.07, 6.45) is 2.53. The summed E-state index contributed by atoms with van der Waals surface area (Å²) in [5, 5.41) is 9.88. The Kier molecular flexibility index (Phi) is 2.35. The Bertz CT molecular complexity index is 165. The Morgan fingerprint density at radius 2 is 2.09 bits per heavy atom. The van der Waals surface area contributed by atoms with E-state index in [4.69, 9.17) is 0 Å². The molecule has 11 heavy (non-hydrogen) atoms. The highest BCUT2D eigenvalue weighted by Gasteiger charge is 2.36. The highest BCUT2D eigenvalue weighted by Crippen LogP contribution is 2.39. The van der Waals surface area contributed by atoms with Crippen molar-refractivity contribution in [3.05, 3.63) is 12.7 Å². The van der Waals surface area contributed by atoms with Crippen LogP contribution in [0.3, 0.4) is 0 Å². The van der Waals surface area contributed by atoms with E-state index >= 15 is 0 Å². The molecule has 1 rings (SSSR count). The van der Waals surface area contributed by atoms with Crippen LogP contribution in [-0.2, 0) is 0 Å². The maximum atomic E-state index is 9.88. The first kappa shape index (κ1) is 9.14. The summed E-state index contributed by atoms with van der Waals surface area (Å²) in [6.45, 7) is 8.03. The quantitative estimate of drug-likeness (QED) is 0.611. The zero-order valence-corrected chi connectivity index (χ0v) is 8.08. The van der Waals surface area contributed by atoms with Gasteiger partial charge in [0, 0.05) is 5.75 Å². The van der Waals surface area contributed by atoms with Gasteiger partial charge < -0.3 is 5.11 Å². The van der Waals surface area contributed by atoms with Crippen molar-refractivity contribution in [3.8, 4) is 0 Å². The molecule has 0 aromatic carbocycles. The molecule has 1 aliphatic heterocycles. The van der Waals surface area contributed by atoms with Gasteiger partial charge in [0.25, 0.3) is 0 Å². The fraction of sp³-hybridized carbons (Fsp3) is 0.778. The van der Waals surface area contributed by atoms with Gasteiger partial charge in [0.05, 0.1) is 5.60 Å². The van der Waals surface area contributed by atoms with Gasteiger partial charge in [0.15, 0.2) is 0 Å². The second kappa shape index (κ2) is 2.83. The molecule has 1 unspecified atom stereocenters. The minimum absolute atomic E-state index is 0.256. The molecule has 1 aliphatic rings. The molecule has 0 aromatic rings. The Balaban J connectivity index is 2.66. The molecule has 1 N–H and O–H groups in total. The van der Waals surface area contributed by atoms with Crippen LogP contribution in [0.2, 0.25) is 0 Å². The molecule has 1 heterocycles. The highest BCUT2D eigenvalue weighted by atomic mass is 32.2. The minimum atomic E-state index is -0.619. The van der Waals surface area contributed by atoms with Gasteiger partial charge in [0.2, 0.25) is 0 Å². The van der Waals surface area contributed by atoms with Gasteiger partial charge in [-0.3, -0.25) is 0 Å². The summed E-state index contributed by atoms with van der Waals surface area (Å²) < 4.78 is 0. The number of hydrogen-bond donors (Lipinski definition) is 1. The number of thioether (sulfide) groups is 1. The Morgan fingerprint density at radius 3 is 2.45 bits per heavy atom. The third-order valence-corrected chi connectivity index (χ3v) is 3.70. The van der Waals surface area contributed by atoms with Gasteiger partial charge in [-0.1, -0.05) is 19.9 Å². The second-order valence-electron chi connectivity index (χ2n) is 4.14. The minimum Gasteiger partial charge on any atom is -0.385 e. The first-order valence-electron chi connectivity index (χ1n) is 3.91. The van der Waals surface area contributed by atoms with E-state index < -0.39 is 5.60 Å². The first-order valence-corrected chi connectivity index (χ1v) is 5.07. The van der Waals surface area contributed by atoms with Gasteiger partial charge in [-0.05, 0) is 17.6 Å². The van der Waals surface area contributed by atoms with Gasteiger partial charge in [-0.2, -0.15) is 11.8 Å². The number of aliphatic hydroxyl groups is 1. The van der Waals surface area contributed by atoms with Crippen molar-refractivity contribution in [2.45, 2.75) is 25.9 Å². The van der Waals surface area contributed by atoms with Crippen molar-refractivity contribution in [2.75, 3.05) is 11.5 Å². The van der Waals surface area contributed by atoms with Crippen LogP contribution in [0.4, 0.5) is 0 Å². The van der Waals surface area contributed by atoms with Crippen molar-refractivity contribution in [1.29, 1.82) is 0 Å². The van der Waals surface area contributed by atoms with Crippen LogP contribution in [0, 0.1) is 5.41 Å². The van der Waals surface area contributed by atoms with Crippen LogP contribution in [0.15, 0.2) is 12.7 Å². The largest absolute Gasteiger partial charge is 0.385 e. The third kappa shape index (κ3) is 2.24. The van der Waals surface area contributed by atoms with Gasteiger partial charge in [0.1, 0.15) is 0 Å². The summed E-state index contributed by atoms with van der Waals surface area (Å²) >= 11 is 1.81. The van der Waals surface area contributed by atoms with Crippen molar-refractivity contribution < 1.29 is 5.11 Å². The fourth-order valence-corrected chi connectivity index (χ4v) is 2.90. The van der Waals surface area contributed by atoms with Crippen molar-refractivity contribution in [1.82, 2.24) is 0 Å². The summed E-state index contributed by atoms with van der Waals surface area (Å²) in [6, 6.07) is 0. The molecular formula is C9H16OS. The zero-order valence-electron chi connectivity index (χ0n) is 7.26. The predicted molar refractivity (Wildman–Crippen MR) is 50.9 cm³/mol. The van der Waals surface area contributed by atoms with Crippen LogP contribution in [0.1, 0.15) is 20.3 Å². The maximum absolute atomic E-state index is 9.88. The molecule has 0 bridgehead atoms. The normalized spacial score (nSPS) is 36.6. The molecule has 0 aliphatic carbocycles. The van der Waals surface area contributed by atoms with Crippen LogP contribution in [-0.4, -0.2) is 22.2 Å². The third-order valence-electron chi connectivity index (χ3n) is 2.01. The monoisotopic (exact) mass is 172 g/mol. The predicted octanol–water partition coefficient (Wildman–Crippen LogP) is 2.07. The lowest BCUT2D eigenvalue weighted by atomic mass is 9.82. The number of hydrogen-bond acceptors (Lipinski definition) is 2. The summed E-state index contributed by atoms with van der Waals surface area (Å²) in [4.78, 5) is 0. The maximum Gasteiger partial charge on any atom is 0.0920 e. The Hall–Kier alpha value is 0.0500. The van der Waals surface area contributed by atoms with Gasteiger partial charge in [-0.25, -0.2) is 0 Å². The molecule has 0 saturated carbocycles. The van der Waals surface area contributed by atoms with Crippen LogP contribution in [0.5, 0.6) is 0 Å². The molecule has 1 nitrogen and oxygen atoms in total. The fourth-order valence-electron chi connectivity index (χ4n) is 1.57. The molecule has 0 amide bonds. The van der Waals surface area contributed by atoms with E-state index in [0.29, 0.717) is 0 Å². The smallest absolute Gasteiger partial charge is 0.0920 e. The van der Waals surface area contributed by atoms with E-state index in [1.54, 1.807) is 6.08 Å². The lowest BCUT2D eigenvalue weighted by Gasteiger charge is -2.39. The molecular weight excluding hydrogens is 156 g/mol. The van der Waals surface area contributed by atoms with Crippen molar-refractivity contribution in [2.24, 2.45) is 5.41 Å². The molecule has 2 heteroatoms. The van der Waals surface area contributed by atoms with E-state index in [1.165, 1.54) is 0 Å². The molecule has 0 radical (unpaired) electrons. The van der Waals surface area contributed by atoms with E-state index in [-0.39, 0.29) is 5.41 Å². The van der Waals surface area contributed by atoms with Crippen molar-refractivity contribution in [3.63, 3.8) is 0 Å². The lowest BCUT2D eigenvalue weighted by Crippen LogP contribution is -2.40. The zero-order chi connectivity index (χ0) is 8.54. The van der Waals surface area contributed by atoms with Crippen LogP contribution in [0.25, 0.3) is 0 Å². The summed E-state index contributed by atoms with van der Waals surface area (Å²) in [5.74, 6) is 1.95.